The lowest BCUT2D eigenvalue weighted by Gasteiger charge is -2.43. The van der Waals surface area contributed by atoms with E-state index in [4.69, 9.17) is 0 Å². The molecular weight excluding hydrogens is 352 g/mol. The highest BCUT2D eigenvalue weighted by atomic mass is 32.2. The highest BCUT2D eigenvalue weighted by Crippen LogP contribution is 2.47. The second-order valence-corrected chi connectivity index (χ2v) is 10.3. The molecule has 0 radical (unpaired) electrons. The molecule has 1 atom stereocenters. The van der Waals surface area contributed by atoms with Crippen molar-refractivity contribution in [3.05, 3.63) is 30.3 Å². The van der Waals surface area contributed by atoms with Crippen molar-refractivity contribution in [3.63, 3.8) is 0 Å². The number of aliphatic hydroxyl groups is 1. The Morgan fingerprint density at radius 3 is 2.37 bits per heavy atom. The van der Waals surface area contributed by atoms with Gasteiger partial charge in [0.05, 0.1) is 0 Å². The molecule has 2 saturated heterocycles. The van der Waals surface area contributed by atoms with E-state index in [2.05, 4.69) is 39.5 Å². The van der Waals surface area contributed by atoms with Gasteiger partial charge < -0.3 is 10.0 Å². The van der Waals surface area contributed by atoms with E-state index in [1.54, 1.807) is 0 Å². The quantitative estimate of drug-likeness (QED) is 0.586. The van der Waals surface area contributed by atoms with Gasteiger partial charge in [0.1, 0.15) is 0 Å². The van der Waals surface area contributed by atoms with E-state index in [0.29, 0.717) is 17.9 Å². The maximum atomic E-state index is 10.1. The van der Waals surface area contributed by atoms with Crippen LogP contribution in [0.1, 0.15) is 51.4 Å². The summed E-state index contributed by atoms with van der Waals surface area (Å²) in [6.07, 6.45) is 11.2. The number of likely N-dealkylation sites (tertiary alicyclic amines) is 1. The molecular formula is C23H36N2OS. The lowest BCUT2D eigenvalue weighted by atomic mass is 9.71. The van der Waals surface area contributed by atoms with Crippen molar-refractivity contribution in [2.75, 3.05) is 39.3 Å². The fourth-order valence-corrected chi connectivity index (χ4v) is 6.75. The first-order valence-corrected chi connectivity index (χ1v) is 11.9. The molecule has 3 nitrogen and oxygen atoms in total. The highest BCUT2D eigenvalue weighted by molar-refractivity contribution is 7.97. The van der Waals surface area contributed by atoms with Gasteiger partial charge in [-0.1, -0.05) is 43.9 Å². The van der Waals surface area contributed by atoms with Crippen molar-refractivity contribution < 1.29 is 5.11 Å². The van der Waals surface area contributed by atoms with Gasteiger partial charge in [-0.3, -0.25) is 0 Å². The largest absolute Gasteiger partial charge is 0.396 e. The number of hydrogen-bond donors (Lipinski definition) is 1. The summed E-state index contributed by atoms with van der Waals surface area (Å²) < 4.78 is 2.51. The Bertz CT molecular complexity index is 565. The Morgan fingerprint density at radius 2 is 1.70 bits per heavy atom. The second kappa shape index (κ2) is 9.30. The third-order valence-corrected chi connectivity index (χ3v) is 8.34. The van der Waals surface area contributed by atoms with Gasteiger partial charge in [-0.2, -0.15) is 0 Å². The first-order valence-electron chi connectivity index (χ1n) is 11.1. The van der Waals surface area contributed by atoms with Crippen LogP contribution in [0, 0.1) is 17.3 Å². The number of benzene rings is 1. The maximum absolute atomic E-state index is 10.1. The Kier molecular flexibility index (Phi) is 6.80. The van der Waals surface area contributed by atoms with E-state index >= 15 is 0 Å². The van der Waals surface area contributed by atoms with Crippen molar-refractivity contribution in [2.45, 2.75) is 56.3 Å². The third kappa shape index (κ3) is 4.90. The van der Waals surface area contributed by atoms with Crippen LogP contribution in [0.2, 0.25) is 0 Å². The molecule has 3 fully saturated rings. The van der Waals surface area contributed by atoms with Gasteiger partial charge in [0, 0.05) is 37.1 Å². The summed E-state index contributed by atoms with van der Waals surface area (Å²) in [4.78, 5) is 4.06. The van der Waals surface area contributed by atoms with Crippen LogP contribution in [-0.2, 0) is 0 Å². The summed E-state index contributed by atoms with van der Waals surface area (Å²) in [5.41, 5.74) is 0.330. The molecule has 1 aromatic carbocycles. The Balaban J connectivity index is 1.31. The number of nitrogens with zero attached hydrogens (tertiary/aromatic N) is 2. The predicted octanol–water partition coefficient (Wildman–Crippen LogP) is 4.67. The summed E-state index contributed by atoms with van der Waals surface area (Å²) >= 11 is 1.88. The van der Waals surface area contributed by atoms with Crippen molar-refractivity contribution in [1.29, 1.82) is 0 Å². The molecule has 0 bridgehead atoms. The van der Waals surface area contributed by atoms with Crippen LogP contribution in [-0.4, -0.2) is 53.6 Å². The number of rotatable bonds is 5. The predicted molar refractivity (Wildman–Crippen MR) is 114 cm³/mol. The van der Waals surface area contributed by atoms with Crippen LogP contribution in [0.25, 0.3) is 0 Å². The van der Waals surface area contributed by atoms with E-state index in [9.17, 15) is 5.11 Å². The summed E-state index contributed by atoms with van der Waals surface area (Å²) in [7, 11) is 0. The van der Waals surface area contributed by atoms with Gasteiger partial charge in [0.25, 0.3) is 0 Å². The number of hydrogen-bond acceptors (Lipinski definition) is 4. The van der Waals surface area contributed by atoms with Crippen LogP contribution < -0.4 is 0 Å². The zero-order valence-corrected chi connectivity index (χ0v) is 17.5. The average molecular weight is 389 g/mol. The van der Waals surface area contributed by atoms with E-state index in [-0.39, 0.29) is 0 Å². The second-order valence-electron chi connectivity index (χ2n) is 9.13. The standard InChI is InChI=1S/C23H36N2OS/c26-18-21-17-25(27-22-10-6-3-7-11-22)19-23(21)12-14-24(15-13-23)16-20-8-4-1-2-5-9-20/h3,6-7,10-11,20-21,26H,1-2,4-5,8-9,12-19H2. The Morgan fingerprint density at radius 1 is 1.00 bits per heavy atom. The minimum Gasteiger partial charge on any atom is -0.396 e. The fourth-order valence-electron chi connectivity index (χ4n) is 5.59. The van der Waals surface area contributed by atoms with Crippen molar-refractivity contribution >= 4 is 11.9 Å². The Labute approximate surface area is 169 Å². The SMILES string of the molecule is OCC1CN(Sc2ccccc2)CC12CCN(CC1CCCCCC1)CC2. The Hall–Kier alpha value is -0.550. The van der Waals surface area contributed by atoms with Gasteiger partial charge in [-0.05, 0) is 74.2 Å². The summed E-state index contributed by atoms with van der Waals surface area (Å²) in [6.45, 7) is 6.29. The molecule has 2 aliphatic heterocycles. The van der Waals surface area contributed by atoms with Crippen LogP contribution in [0.3, 0.4) is 0 Å². The lowest BCUT2D eigenvalue weighted by Crippen LogP contribution is -2.46. The zero-order valence-electron chi connectivity index (χ0n) is 16.7. The van der Waals surface area contributed by atoms with Gasteiger partial charge in [-0.15, -0.1) is 0 Å². The van der Waals surface area contributed by atoms with Gasteiger partial charge in [0.2, 0.25) is 0 Å². The molecule has 1 aromatic rings. The van der Waals surface area contributed by atoms with Crippen LogP contribution in [0.5, 0.6) is 0 Å². The van der Waals surface area contributed by atoms with E-state index in [1.165, 1.54) is 75.9 Å². The number of aliphatic hydroxyl groups excluding tert-OH is 1. The summed E-state index contributed by atoms with van der Waals surface area (Å²) in [5, 5.41) is 10.1. The molecule has 1 N–H and O–H groups in total. The lowest BCUT2D eigenvalue weighted by molar-refractivity contribution is 0.0454. The summed E-state index contributed by atoms with van der Waals surface area (Å²) in [6, 6.07) is 10.7. The smallest absolute Gasteiger partial charge is 0.0477 e. The van der Waals surface area contributed by atoms with Crippen LogP contribution in [0.4, 0.5) is 0 Å². The van der Waals surface area contributed by atoms with Crippen molar-refractivity contribution in [2.24, 2.45) is 17.3 Å². The minimum absolute atomic E-state index is 0.330. The van der Waals surface area contributed by atoms with Gasteiger partial charge in [-0.25, -0.2) is 4.31 Å². The van der Waals surface area contributed by atoms with E-state index in [1.807, 2.05) is 11.9 Å². The molecule has 4 heteroatoms. The molecule has 1 unspecified atom stereocenters. The molecule has 1 aliphatic carbocycles. The third-order valence-electron chi connectivity index (χ3n) is 7.32. The molecule has 3 aliphatic rings. The van der Waals surface area contributed by atoms with E-state index < -0.39 is 0 Å². The monoisotopic (exact) mass is 388 g/mol. The molecule has 150 valence electrons. The molecule has 1 spiro atoms. The molecule has 4 rings (SSSR count). The van der Waals surface area contributed by atoms with Crippen LogP contribution in [0.15, 0.2) is 35.2 Å². The van der Waals surface area contributed by atoms with Gasteiger partial charge >= 0.3 is 0 Å². The molecule has 27 heavy (non-hydrogen) atoms. The van der Waals surface area contributed by atoms with Crippen molar-refractivity contribution in [3.8, 4) is 0 Å². The first kappa shape index (κ1) is 19.8. The first-order chi connectivity index (χ1) is 13.3. The van der Waals surface area contributed by atoms with Crippen LogP contribution >= 0.6 is 11.9 Å². The zero-order chi connectivity index (χ0) is 18.5. The van der Waals surface area contributed by atoms with E-state index in [0.717, 1.165) is 19.0 Å². The maximum Gasteiger partial charge on any atom is 0.0477 e. The van der Waals surface area contributed by atoms with Gasteiger partial charge in [0.15, 0.2) is 0 Å². The average Bonchev–Trinajstić information content (AvgIpc) is 2.85. The minimum atomic E-state index is 0.330. The topological polar surface area (TPSA) is 26.7 Å². The van der Waals surface area contributed by atoms with Crippen molar-refractivity contribution in [1.82, 2.24) is 9.21 Å². The molecule has 1 saturated carbocycles. The highest BCUT2D eigenvalue weighted by Gasteiger charge is 2.47. The summed E-state index contributed by atoms with van der Waals surface area (Å²) in [5.74, 6) is 1.37. The molecule has 0 aromatic heterocycles. The fraction of sp³-hybridized carbons (Fsp3) is 0.739. The normalized spacial score (nSPS) is 27.8. The molecule has 0 amide bonds. The number of piperidine rings is 1. The molecule has 2 heterocycles.